The second kappa shape index (κ2) is 10.00. The molecule has 0 atom stereocenters. The van der Waals surface area contributed by atoms with E-state index in [1.165, 1.54) is 24.9 Å². The molecule has 37 heavy (non-hydrogen) atoms. The average Bonchev–Trinajstić information content (AvgIpc) is 3.60. The largest absolute Gasteiger partial charge is 0.508 e. The highest BCUT2D eigenvalue weighted by Crippen LogP contribution is 2.41. The molecule has 7 nitrogen and oxygen atoms in total. The van der Waals surface area contributed by atoms with Crippen molar-refractivity contribution in [1.29, 1.82) is 5.26 Å². The third-order valence-corrected chi connectivity index (χ3v) is 6.93. The number of hydrogen-bond acceptors (Lipinski definition) is 6. The molecule has 0 amide bonds. The lowest BCUT2D eigenvalue weighted by Crippen LogP contribution is -2.29. The van der Waals surface area contributed by atoms with Crippen molar-refractivity contribution in [2.75, 3.05) is 18.0 Å². The Balaban J connectivity index is 0.00000280. The van der Waals surface area contributed by atoms with Gasteiger partial charge in [-0.3, -0.25) is 5.10 Å². The molecule has 2 N–H and O–H groups in total. The van der Waals surface area contributed by atoms with Gasteiger partial charge >= 0.3 is 0 Å². The Morgan fingerprint density at radius 1 is 1.03 bits per heavy atom. The van der Waals surface area contributed by atoms with Gasteiger partial charge in [0.15, 0.2) is 11.4 Å². The number of anilines is 1. The summed E-state index contributed by atoms with van der Waals surface area (Å²) in [5.74, 6) is 0.828. The van der Waals surface area contributed by atoms with Crippen LogP contribution in [0.3, 0.4) is 0 Å². The number of halogens is 1. The number of rotatable bonds is 4. The van der Waals surface area contributed by atoms with Crippen LogP contribution in [0.2, 0.25) is 0 Å². The normalized spacial score (nSPS) is 13.4. The number of aromatic amines is 1. The fourth-order valence-electron chi connectivity index (χ4n) is 5.05. The molecule has 8 heteroatoms. The number of hydrogen-bond donors (Lipinski definition) is 2. The van der Waals surface area contributed by atoms with Crippen LogP contribution in [0.1, 0.15) is 30.4 Å². The third-order valence-electron chi connectivity index (χ3n) is 6.93. The molecule has 186 valence electrons. The van der Waals surface area contributed by atoms with Crippen LogP contribution in [0, 0.1) is 18.3 Å². The second-order valence-corrected chi connectivity index (χ2v) is 9.19. The second-order valence-electron chi connectivity index (χ2n) is 9.19. The average molecular weight is 512 g/mol. The number of nitrogens with zero attached hydrogens (tertiary/aromatic N) is 4. The van der Waals surface area contributed by atoms with Gasteiger partial charge in [0, 0.05) is 29.9 Å². The summed E-state index contributed by atoms with van der Waals surface area (Å²) in [6, 6.07) is 19.8. The van der Waals surface area contributed by atoms with Gasteiger partial charge in [0.05, 0.1) is 22.9 Å². The minimum absolute atomic E-state index is 0. The van der Waals surface area contributed by atoms with E-state index in [4.69, 9.17) is 9.40 Å². The molecule has 0 unspecified atom stereocenters. The van der Waals surface area contributed by atoms with Crippen LogP contribution in [0.4, 0.5) is 5.69 Å². The van der Waals surface area contributed by atoms with Crippen molar-refractivity contribution >= 4 is 29.1 Å². The highest BCUT2D eigenvalue weighted by Gasteiger charge is 2.24. The summed E-state index contributed by atoms with van der Waals surface area (Å²) >= 11 is 0. The molecule has 0 aliphatic carbocycles. The number of phenols is 1. The van der Waals surface area contributed by atoms with E-state index in [1.54, 1.807) is 18.4 Å². The van der Waals surface area contributed by atoms with Crippen molar-refractivity contribution < 1.29 is 9.52 Å². The van der Waals surface area contributed by atoms with Crippen molar-refractivity contribution in [2.45, 2.75) is 26.2 Å². The number of phenolic OH excluding ortho intramolecular Hbond substituents is 1. The Kier molecular flexibility index (Phi) is 6.60. The molecule has 0 bridgehead atoms. The molecular formula is C29H26ClN5O2. The molecule has 6 rings (SSSR count). The zero-order valence-corrected chi connectivity index (χ0v) is 21.2. The molecule has 1 aliphatic rings. The number of H-pyrrole nitrogens is 1. The van der Waals surface area contributed by atoms with Gasteiger partial charge in [-0.2, -0.15) is 10.4 Å². The standard InChI is InChI=1S/C29H25N5O2.ClH/c1-18-16-20(9-12-23(18)35)27-22(17-30)25(19-7-10-21(11-8-19)34-13-3-2-4-14-34)26-28(24-6-5-15-36-24)32-33-29(26)31-27;/h5-12,15-16,35H,2-4,13-14H2,1H3,(H,31,32,33);1H. The fourth-order valence-corrected chi connectivity index (χ4v) is 5.05. The van der Waals surface area contributed by atoms with E-state index in [2.05, 4.69) is 45.4 Å². The third kappa shape index (κ3) is 4.30. The number of fused-ring (bicyclic) bond motifs is 1. The number of aryl methyl sites for hydroxylation is 1. The Bertz CT molecular complexity index is 1590. The smallest absolute Gasteiger partial charge is 0.182 e. The molecule has 1 saturated heterocycles. The Morgan fingerprint density at radius 3 is 2.46 bits per heavy atom. The summed E-state index contributed by atoms with van der Waals surface area (Å²) in [6.07, 6.45) is 5.32. The molecule has 4 heterocycles. The molecule has 3 aromatic heterocycles. The first kappa shape index (κ1) is 24.4. The maximum Gasteiger partial charge on any atom is 0.182 e. The van der Waals surface area contributed by atoms with Crippen LogP contribution < -0.4 is 4.90 Å². The molecule has 1 fully saturated rings. The number of aromatic nitrogens is 3. The predicted molar refractivity (Wildman–Crippen MR) is 147 cm³/mol. The number of benzene rings is 2. The molecule has 1 aliphatic heterocycles. The van der Waals surface area contributed by atoms with Crippen LogP contribution in [0.15, 0.2) is 65.3 Å². The van der Waals surface area contributed by atoms with E-state index in [9.17, 15) is 10.4 Å². The van der Waals surface area contributed by atoms with E-state index in [0.29, 0.717) is 33.9 Å². The molecule has 0 radical (unpaired) electrons. The maximum atomic E-state index is 10.4. The Morgan fingerprint density at radius 2 is 1.78 bits per heavy atom. The minimum atomic E-state index is 0. The molecule has 0 spiro atoms. The minimum Gasteiger partial charge on any atom is -0.508 e. The maximum absolute atomic E-state index is 10.4. The molecule has 0 saturated carbocycles. The summed E-state index contributed by atoms with van der Waals surface area (Å²) in [7, 11) is 0. The molecule has 2 aromatic carbocycles. The first-order valence-corrected chi connectivity index (χ1v) is 12.2. The highest BCUT2D eigenvalue weighted by atomic mass is 35.5. The summed E-state index contributed by atoms with van der Waals surface area (Å²) in [5, 5.41) is 28.8. The summed E-state index contributed by atoms with van der Waals surface area (Å²) in [6.45, 7) is 3.96. The number of pyridine rings is 1. The van der Waals surface area contributed by atoms with Crippen molar-refractivity contribution in [1.82, 2.24) is 15.2 Å². The van der Waals surface area contributed by atoms with Gasteiger partial charge in [-0.1, -0.05) is 12.1 Å². The lowest BCUT2D eigenvalue weighted by Gasteiger charge is -2.29. The van der Waals surface area contributed by atoms with E-state index in [-0.39, 0.29) is 18.2 Å². The highest BCUT2D eigenvalue weighted by molar-refractivity contribution is 6.06. The predicted octanol–water partition coefficient (Wildman–Crippen LogP) is 6.85. The molecular weight excluding hydrogens is 486 g/mol. The Hall–Kier alpha value is -4.28. The fraction of sp³-hybridized carbons (Fsp3) is 0.207. The summed E-state index contributed by atoms with van der Waals surface area (Å²) in [5.41, 5.74) is 6.47. The van der Waals surface area contributed by atoms with E-state index < -0.39 is 0 Å². The van der Waals surface area contributed by atoms with Crippen LogP contribution >= 0.6 is 12.4 Å². The lowest BCUT2D eigenvalue weighted by atomic mass is 9.92. The van der Waals surface area contributed by atoms with Crippen molar-refractivity contribution in [3.05, 3.63) is 72.0 Å². The van der Waals surface area contributed by atoms with Gasteiger partial charge in [-0.15, -0.1) is 12.4 Å². The number of nitriles is 1. The van der Waals surface area contributed by atoms with Crippen LogP contribution in [-0.2, 0) is 0 Å². The van der Waals surface area contributed by atoms with Gasteiger partial charge in [0.1, 0.15) is 17.5 Å². The quantitative estimate of drug-likeness (QED) is 0.273. The summed E-state index contributed by atoms with van der Waals surface area (Å²) in [4.78, 5) is 7.21. The van der Waals surface area contributed by atoms with Crippen LogP contribution in [-0.4, -0.2) is 33.4 Å². The monoisotopic (exact) mass is 511 g/mol. The SMILES string of the molecule is Cc1cc(-c2nc3n[nH]c(-c4ccco4)c3c(-c3ccc(N4CCCCC4)cc3)c2C#N)ccc1O.Cl. The number of furan rings is 1. The number of aromatic hydroxyl groups is 1. The number of nitrogens with one attached hydrogen (secondary N) is 1. The van der Waals surface area contributed by atoms with Crippen LogP contribution in [0.25, 0.3) is 44.9 Å². The van der Waals surface area contributed by atoms with Gasteiger partial charge in [-0.25, -0.2) is 4.98 Å². The van der Waals surface area contributed by atoms with Crippen molar-refractivity contribution in [2.24, 2.45) is 0 Å². The zero-order chi connectivity index (χ0) is 24.6. The van der Waals surface area contributed by atoms with Crippen molar-refractivity contribution in [3.63, 3.8) is 0 Å². The van der Waals surface area contributed by atoms with Gasteiger partial charge < -0.3 is 14.4 Å². The topological polar surface area (TPSA) is 102 Å². The van der Waals surface area contributed by atoms with E-state index in [1.807, 2.05) is 25.1 Å². The lowest BCUT2D eigenvalue weighted by molar-refractivity contribution is 0.471. The van der Waals surface area contributed by atoms with Crippen molar-refractivity contribution in [3.8, 4) is 45.7 Å². The van der Waals surface area contributed by atoms with Gasteiger partial charge in [0.25, 0.3) is 0 Å². The summed E-state index contributed by atoms with van der Waals surface area (Å²) < 4.78 is 5.68. The first-order valence-electron chi connectivity index (χ1n) is 12.2. The zero-order valence-electron chi connectivity index (χ0n) is 20.4. The number of piperidine rings is 1. The van der Waals surface area contributed by atoms with E-state index >= 15 is 0 Å². The first-order chi connectivity index (χ1) is 17.6. The van der Waals surface area contributed by atoms with E-state index in [0.717, 1.165) is 35.2 Å². The Labute approximate surface area is 220 Å². The van der Waals surface area contributed by atoms with Gasteiger partial charge in [0.2, 0.25) is 0 Å². The van der Waals surface area contributed by atoms with Gasteiger partial charge in [-0.05, 0) is 79.8 Å². The molecule has 5 aromatic rings. The van der Waals surface area contributed by atoms with Crippen LogP contribution in [0.5, 0.6) is 5.75 Å².